The monoisotopic (exact) mass is 1060 g/mol. The summed E-state index contributed by atoms with van der Waals surface area (Å²) >= 11 is 0. The van der Waals surface area contributed by atoms with Gasteiger partial charge in [-0.15, -0.1) is 6.58 Å². The first kappa shape index (κ1) is 51.8. The fourth-order valence-corrected chi connectivity index (χ4v) is 10.4. The zero-order chi connectivity index (χ0) is 56.5. The van der Waals surface area contributed by atoms with Crippen LogP contribution in [0.2, 0.25) is 0 Å². The summed E-state index contributed by atoms with van der Waals surface area (Å²) in [4.78, 5) is 125. The van der Waals surface area contributed by atoms with Gasteiger partial charge in [-0.25, -0.2) is 13.9 Å². The van der Waals surface area contributed by atoms with Gasteiger partial charge in [-0.1, -0.05) is 62.1 Å². The quantitative estimate of drug-likeness (QED) is 0.0465. The van der Waals surface area contributed by atoms with E-state index in [0.29, 0.717) is 41.0 Å². The van der Waals surface area contributed by atoms with Crippen molar-refractivity contribution < 1.29 is 14.3 Å². The van der Waals surface area contributed by atoms with Crippen LogP contribution < -0.4 is 53.9 Å². The summed E-state index contributed by atoms with van der Waals surface area (Å²) in [5.74, 6) is 6.42. The van der Waals surface area contributed by atoms with Gasteiger partial charge in [-0.3, -0.25) is 47.5 Å². The maximum absolute atomic E-state index is 14.4. The van der Waals surface area contributed by atoms with E-state index < -0.39 is 61.5 Å². The largest absolute Gasteiger partial charge is 0.457 e. The van der Waals surface area contributed by atoms with Crippen molar-refractivity contribution in [3.05, 3.63) is 269 Å². The van der Waals surface area contributed by atoms with E-state index in [4.69, 9.17) is 9.47 Å². The molecular formula is C65H48N4O11. The van der Waals surface area contributed by atoms with Crippen molar-refractivity contribution in [3.63, 3.8) is 0 Å². The van der Waals surface area contributed by atoms with Crippen LogP contribution in [0.15, 0.2) is 197 Å². The molecule has 4 heterocycles. The minimum Gasteiger partial charge on any atom is -0.457 e. The van der Waals surface area contributed by atoms with E-state index in [9.17, 15) is 43.2 Å². The number of allylic oxidation sites excluding steroid dienone is 1. The van der Waals surface area contributed by atoms with Crippen LogP contribution in [0.25, 0.3) is 54.5 Å². The van der Waals surface area contributed by atoms with E-state index in [2.05, 4.69) is 18.4 Å². The fraction of sp³-hybridized carbons (Fsp3) is 0.154. The van der Waals surface area contributed by atoms with Gasteiger partial charge in [-0.05, 0) is 166 Å². The van der Waals surface area contributed by atoms with Crippen molar-refractivity contribution in [2.75, 3.05) is 0 Å². The molecule has 15 heteroatoms. The Morgan fingerprint density at radius 2 is 0.925 bits per heavy atom. The fourth-order valence-electron chi connectivity index (χ4n) is 10.4. The number of aromatic nitrogens is 4. The molecule has 0 N–H and O–H groups in total. The summed E-state index contributed by atoms with van der Waals surface area (Å²) in [5.41, 5.74) is -3.96. The summed E-state index contributed by atoms with van der Waals surface area (Å²) < 4.78 is 16.1. The third-order valence-electron chi connectivity index (χ3n) is 15.3. The zero-order valence-electron chi connectivity index (χ0n) is 44.0. The second-order valence-corrected chi connectivity index (χ2v) is 20.5. The molecule has 0 aliphatic heterocycles. The van der Waals surface area contributed by atoms with Gasteiger partial charge in [0.25, 0.3) is 44.5 Å². The molecule has 0 amide bonds. The Hall–Kier alpha value is -10.3. The molecule has 0 bridgehead atoms. The van der Waals surface area contributed by atoms with Crippen LogP contribution >= 0.6 is 0 Å². The molecule has 0 aliphatic carbocycles. The maximum atomic E-state index is 14.4. The molecule has 0 saturated heterocycles. The molecule has 1 atom stereocenters. The molecule has 0 spiro atoms. The first-order chi connectivity index (χ1) is 38.3. The Morgan fingerprint density at radius 1 is 0.487 bits per heavy atom. The number of nitrogens with zero attached hydrogens (tertiary/aromatic N) is 4. The minimum absolute atomic E-state index is 0.0250. The van der Waals surface area contributed by atoms with Gasteiger partial charge in [0.2, 0.25) is 0 Å². The number of esters is 1. The molecule has 0 saturated carbocycles. The number of carbonyl (C=O) groups is 1. The second kappa shape index (κ2) is 19.6. The Kier molecular flexibility index (Phi) is 12.7. The van der Waals surface area contributed by atoms with Gasteiger partial charge in [-0.2, -0.15) is 0 Å². The smallest absolute Gasteiger partial charge is 0.343 e. The normalized spacial score (nSPS) is 12.5. The Balaban J connectivity index is 0.845. The van der Waals surface area contributed by atoms with Crippen LogP contribution in [-0.2, 0) is 17.5 Å². The number of carbonyl (C=O) groups excluding carboxylic acids is 1. The van der Waals surface area contributed by atoms with Gasteiger partial charge >= 0.3 is 5.97 Å². The van der Waals surface area contributed by atoms with Crippen molar-refractivity contribution in [1.29, 1.82) is 0 Å². The van der Waals surface area contributed by atoms with Gasteiger partial charge in [0.15, 0.2) is 0 Å². The average molecular weight is 1060 g/mol. The third kappa shape index (κ3) is 8.54. The molecule has 0 radical (unpaired) electrons. The van der Waals surface area contributed by atoms with E-state index >= 15 is 0 Å². The van der Waals surface area contributed by atoms with Crippen molar-refractivity contribution in [3.8, 4) is 40.5 Å². The van der Waals surface area contributed by atoms with E-state index in [1.54, 1.807) is 99.6 Å². The maximum Gasteiger partial charge on any atom is 0.343 e. The molecule has 394 valence electrons. The molecule has 4 aromatic heterocycles. The minimum atomic E-state index is -1.20. The lowest BCUT2D eigenvalue weighted by molar-refractivity contribution is 0.0734. The summed E-state index contributed by atoms with van der Waals surface area (Å²) in [7, 11) is 0. The van der Waals surface area contributed by atoms with E-state index in [1.165, 1.54) is 47.0 Å². The summed E-state index contributed by atoms with van der Waals surface area (Å²) in [5, 5.41) is -0.0388. The highest BCUT2D eigenvalue weighted by Gasteiger charge is 2.34. The number of hydrogen-bond donors (Lipinski definition) is 0. The highest BCUT2D eigenvalue weighted by Crippen LogP contribution is 2.32. The van der Waals surface area contributed by atoms with Gasteiger partial charge < -0.3 is 9.47 Å². The van der Waals surface area contributed by atoms with Crippen molar-refractivity contribution >= 4 is 49.1 Å². The molecule has 7 aromatic carbocycles. The highest BCUT2D eigenvalue weighted by atomic mass is 16.5. The topological polar surface area (TPSA) is 192 Å². The number of rotatable bonds is 13. The Labute approximate surface area is 454 Å². The Bertz CT molecular complexity index is 4740. The summed E-state index contributed by atoms with van der Waals surface area (Å²) in [6, 6.07) is 39.0. The van der Waals surface area contributed by atoms with Crippen LogP contribution in [0.1, 0.15) is 80.1 Å². The lowest BCUT2D eigenvalue weighted by Crippen LogP contribution is -2.43. The average Bonchev–Trinajstić information content (AvgIpc) is 3.34. The van der Waals surface area contributed by atoms with E-state index in [0.717, 1.165) is 19.3 Å². The standard InChI is InChI=1S/C65H48N4O11/c1-7-13-39-30-40(63(78)80-46-24-18-38(19-25-46)17-16-37-14-11-10-12-15-37)32-43(31-39)67-57(72)49-35-53-54(36-50(49)58(67)73)62(77)69(61(53)76)65(6,9-3)41-20-26-44(27-21-41)79-45-28-22-42(23-29-45)66-55(70)47-33-51-52(34-48(47)56(66)71)60(75)68(59(51)74)64(4,5)8-2/h7,10-12,14-15,18-36H,1,8-9,13H2,2-6H3. The molecule has 11 aromatic rings. The first-order valence-corrected chi connectivity index (χ1v) is 25.8. The predicted octanol–water partition coefficient (Wildman–Crippen LogP) is 8.58. The van der Waals surface area contributed by atoms with Gasteiger partial charge in [0.05, 0.1) is 65.6 Å². The Morgan fingerprint density at radius 3 is 1.40 bits per heavy atom. The zero-order valence-corrected chi connectivity index (χ0v) is 44.0. The van der Waals surface area contributed by atoms with Crippen LogP contribution in [0.4, 0.5) is 0 Å². The molecule has 0 aliphatic rings. The van der Waals surface area contributed by atoms with E-state index in [-0.39, 0.29) is 72.2 Å². The molecule has 0 fully saturated rings. The molecule has 1 unspecified atom stereocenters. The van der Waals surface area contributed by atoms with Crippen LogP contribution in [-0.4, -0.2) is 24.2 Å². The summed E-state index contributed by atoms with van der Waals surface area (Å²) in [6.07, 6.45) is 2.71. The van der Waals surface area contributed by atoms with Crippen LogP contribution in [0.5, 0.6) is 17.2 Å². The summed E-state index contributed by atoms with van der Waals surface area (Å²) in [6.45, 7) is 12.8. The van der Waals surface area contributed by atoms with Crippen molar-refractivity contribution in [2.24, 2.45) is 0 Å². The second-order valence-electron chi connectivity index (χ2n) is 20.5. The third-order valence-corrected chi connectivity index (χ3v) is 15.3. The van der Waals surface area contributed by atoms with E-state index in [1.807, 2.05) is 44.2 Å². The SMILES string of the molecule is C=CCc1cc(C(=O)Oc2ccc(C#Cc3ccccc3)cc2)cc(-n2c(=O)c3cc4c(=O)n(C(C)(CC)c5ccc(Oc6ccc(-n7c(=O)c8cc9c(=O)n(C(C)(C)CC)c(=O)c9cc8c7=O)cc6)cc5)c(=O)c4cc3c2=O)c1. The van der Waals surface area contributed by atoms with Gasteiger partial charge in [0, 0.05) is 16.7 Å². The van der Waals surface area contributed by atoms with Crippen molar-refractivity contribution in [1.82, 2.24) is 18.3 Å². The van der Waals surface area contributed by atoms with Crippen LogP contribution in [0.3, 0.4) is 0 Å². The number of hydrogen-bond acceptors (Lipinski definition) is 11. The van der Waals surface area contributed by atoms with Crippen LogP contribution in [0, 0.1) is 11.8 Å². The molecule has 80 heavy (non-hydrogen) atoms. The lowest BCUT2D eigenvalue weighted by Gasteiger charge is -2.29. The first-order valence-electron chi connectivity index (χ1n) is 25.8. The molecular weight excluding hydrogens is 1010 g/mol. The number of benzene rings is 7. The number of ether oxygens (including phenoxy) is 2. The molecule has 15 nitrogen and oxygen atoms in total. The number of fused-ring (bicyclic) bond motifs is 4. The predicted molar refractivity (Wildman–Crippen MR) is 309 cm³/mol. The highest BCUT2D eigenvalue weighted by molar-refractivity contribution is 5.99. The lowest BCUT2D eigenvalue weighted by atomic mass is 9.89. The molecule has 11 rings (SSSR count). The van der Waals surface area contributed by atoms with Gasteiger partial charge in [0.1, 0.15) is 17.2 Å². The van der Waals surface area contributed by atoms with Crippen molar-refractivity contribution in [2.45, 2.75) is 65.0 Å².